The van der Waals surface area contributed by atoms with Crippen LogP contribution in [0.25, 0.3) is 0 Å². The number of amides is 1. The first-order valence-electron chi connectivity index (χ1n) is 7.60. The third-order valence-corrected chi connectivity index (χ3v) is 4.91. The van der Waals surface area contributed by atoms with Gasteiger partial charge in [-0.15, -0.1) is 0 Å². The fourth-order valence-corrected chi connectivity index (χ4v) is 3.50. The molecule has 0 unspecified atom stereocenters. The lowest BCUT2D eigenvalue weighted by molar-refractivity contribution is 0.0605. The quantitative estimate of drug-likeness (QED) is 0.895. The summed E-state index contributed by atoms with van der Waals surface area (Å²) in [5.74, 6) is 0.816. The summed E-state index contributed by atoms with van der Waals surface area (Å²) in [7, 11) is 0. The van der Waals surface area contributed by atoms with Crippen LogP contribution >= 0.6 is 0 Å². The minimum absolute atomic E-state index is 0.0985. The number of likely N-dealkylation sites (tertiary alicyclic amines) is 1. The van der Waals surface area contributed by atoms with Crippen LogP contribution in [-0.4, -0.2) is 42.1 Å². The molecule has 1 aromatic heterocycles. The van der Waals surface area contributed by atoms with Crippen molar-refractivity contribution in [2.75, 3.05) is 26.2 Å². The molecule has 5 nitrogen and oxygen atoms in total. The Kier molecular flexibility index (Phi) is 3.54. The molecule has 0 bridgehead atoms. The van der Waals surface area contributed by atoms with Crippen LogP contribution in [0, 0.1) is 12.3 Å². The predicted molar refractivity (Wildman–Crippen MR) is 75.7 cm³/mol. The summed E-state index contributed by atoms with van der Waals surface area (Å²) in [5, 5.41) is 7.40. The van der Waals surface area contributed by atoms with Crippen LogP contribution in [0.1, 0.15) is 48.0 Å². The Hall–Kier alpha value is -1.36. The van der Waals surface area contributed by atoms with E-state index < -0.39 is 0 Å². The maximum atomic E-state index is 12.7. The highest BCUT2D eigenvalue weighted by Crippen LogP contribution is 2.37. The molecule has 0 aliphatic carbocycles. The van der Waals surface area contributed by atoms with Gasteiger partial charge in [0.25, 0.3) is 5.91 Å². The Morgan fingerprint density at radius 2 is 2.15 bits per heavy atom. The van der Waals surface area contributed by atoms with Crippen molar-refractivity contribution in [3.05, 3.63) is 17.0 Å². The van der Waals surface area contributed by atoms with Gasteiger partial charge in [0, 0.05) is 26.1 Å². The molecule has 2 aliphatic rings. The average Bonchev–Trinajstić information content (AvgIpc) is 3.06. The van der Waals surface area contributed by atoms with E-state index in [2.05, 4.69) is 10.5 Å². The number of piperidine rings is 1. The van der Waals surface area contributed by atoms with Crippen LogP contribution in [0.15, 0.2) is 4.52 Å². The van der Waals surface area contributed by atoms with Crippen LogP contribution < -0.4 is 5.32 Å². The second kappa shape index (κ2) is 5.20. The zero-order valence-electron chi connectivity index (χ0n) is 12.4. The lowest BCUT2D eigenvalue weighted by atomic mass is 9.77. The van der Waals surface area contributed by atoms with Crippen molar-refractivity contribution >= 4 is 5.91 Å². The largest absolute Gasteiger partial charge is 0.360 e. The molecule has 110 valence electrons. The topological polar surface area (TPSA) is 58.4 Å². The molecule has 2 fully saturated rings. The van der Waals surface area contributed by atoms with E-state index >= 15 is 0 Å². The maximum absolute atomic E-state index is 12.7. The molecule has 1 N–H and O–H groups in total. The molecular weight excluding hydrogens is 254 g/mol. The van der Waals surface area contributed by atoms with Gasteiger partial charge in [0.1, 0.15) is 11.3 Å². The molecule has 2 saturated heterocycles. The van der Waals surface area contributed by atoms with Crippen molar-refractivity contribution in [1.29, 1.82) is 0 Å². The molecule has 0 radical (unpaired) electrons. The lowest BCUT2D eigenvalue weighted by Gasteiger charge is -2.38. The number of nitrogens with one attached hydrogen (secondary N) is 1. The van der Waals surface area contributed by atoms with Gasteiger partial charge in [0.15, 0.2) is 0 Å². The third-order valence-electron chi connectivity index (χ3n) is 4.91. The Bertz CT molecular complexity index is 493. The van der Waals surface area contributed by atoms with E-state index in [9.17, 15) is 4.79 Å². The Balaban J connectivity index is 1.71. The number of hydrogen-bond donors (Lipinski definition) is 1. The van der Waals surface area contributed by atoms with Crippen molar-refractivity contribution in [2.45, 2.75) is 39.5 Å². The van der Waals surface area contributed by atoms with Gasteiger partial charge in [0.2, 0.25) is 0 Å². The molecule has 3 heterocycles. The summed E-state index contributed by atoms with van der Waals surface area (Å²) in [6.45, 7) is 7.79. The van der Waals surface area contributed by atoms with Crippen molar-refractivity contribution in [3.63, 3.8) is 0 Å². The van der Waals surface area contributed by atoms with E-state index in [-0.39, 0.29) is 5.91 Å². The van der Waals surface area contributed by atoms with Gasteiger partial charge in [-0.1, -0.05) is 12.1 Å². The molecule has 5 heteroatoms. The molecule has 0 aromatic carbocycles. The first kappa shape index (κ1) is 13.6. The summed E-state index contributed by atoms with van der Waals surface area (Å²) >= 11 is 0. The number of aromatic nitrogens is 1. The van der Waals surface area contributed by atoms with Gasteiger partial charge in [-0.3, -0.25) is 4.79 Å². The Morgan fingerprint density at radius 3 is 2.75 bits per heavy atom. The van der Waals surface area contributed by atoms with E-state index in [1.165, 1.54) is 6.42 Å². The zero-order chi connectivity index (χ0) is 14.2. The van der Waals surface area contributed by atoms with Crippen molar-refractivity contribution in [1.82, 2.24) is 15.4 Å². The molecule has 0 atom stereocenters. The molecule has 2 aliphatic heterocycles. The summed E-state index contributed by atoms with van der Waals surface area (Å²) in [5.41, 5.74) is 1.84. The van der Waals surface area contributed by atoms with E-state index in [4.69, 9.17) is 4.52 Å². The number of hydrogen-bond acceptors (Lipinski definition) is 4. The number of carbonyl (C=O) groups is 1. The standard InChI is InChI=1S/C15H23N3O2/c1-3-12-13(11(2)17-20-12)14(19)18-8-5-15(6-9-18)4-7-16-10-15/h16H,3-10H2,1-2H3. The van der Waals surface area contributed by atoms with E-state index in [0.717, 1.165) is 50.5 Å². The minimum Gasteiger partial charge on any atom is -0.360 e. The fourth-order valence-electron chi connectivity index (χ4n) is 3.50. The van der Waals surface area contributed by atoms with Crippen LogP contribution in [-0.2, 0) is 6.42 Å². The first-order valence-corrected chi connectivity index (χ1v) is 7.60. The monoisotopic (exact) mass is 277 g/mol. The third kappa shape index (κ3) is 2.24. The molecule has 1 spiro atoms. The van der Waals surface area contributed by atoms with Gasteiger partial charge < -0.3 is 14.7 Å². The van der Waals surface area contributed by atoms with Gasteiger partial charge in [-0.2, -0.15) is 0 Å². The molecular formula is C15H23N3O2. The van der Waals surface area contributed by atoms with Crippen LogP contribution in [0.5, 0.6) is 0 Å². The van der Waals surface area contributed by atoms with E-state index in [1.54, 1.807) is 0 Å². The summed E-state index contributed by atoms with van der Waals surface area (Å²) < 4.78 is 5.24. The van der Waals surface area contributed by atoms with E-state index in [0.29, 0.717) is 17.4 Å². The number of rotatable bonds is 2. The highest BCUT2D eigenvalue weighted by atomic mass is 16.5. The summed E-state index contributed by atoms with van der Waals surface area (Å²) in [4.78, 5) is 14.6. The first-order chi connectivity index (χ1) is 9.65. The normalized spacial score (nSPS) is 21.6. The average molecular weight is 277 g/mol. The lowest BCUT2D eigenvalue weighted by Crippen LogP contribution is -2.44. The predicted octanol–water partition coefficient (Wildman–Crippen LogP) is 1.76. The van der Waals surface area contributed by atoms with Crippen molar-refractivity contribution in [2.24, 2.45) is 5.41 Å². The minimum atomic E-state index is 0.0985. The molecule has 20 heavy (non-hydrogen) atoms. The second-order valence-corrected chi connectivity index (χ2v) is 6.14. The molecule has 1 amide bonds. The SMILES string of the molecule is CCc1onc(C)c1C(=O)N1CCC2(CCNC2)CC1. The smallest absolute Gasteiger partial charge is 0.259 e. The van der Waals surface area contributed by atoms with Gasteiger partial charge in [0.05, 0.1) is 5.69 Å². The highest BCUT2D eigenvalue weighted by Gasteiger charge is 2.38. The molecule has 1 aromatic rings. The summed E-state index contributed by atoms with van der Waals surface area (Å²) in [6.07, 6.45) is 4.18. The number of aryl methyl sites for hydroxylation is 2. The maximum Gasteiger partial charge on any atom is 0.259 e. The van der Waals surface area contributed by atoms with Crippen molar-refractivity contribution < 1.29 is 9.32 Å². The molecule has 3 rings (SSSR count). The number of nitrogens with zero attached hydrogens (tertiary/aromatic N) is 2. The van der Waals surface area contributed by atoms with Crippen molar-refractivity contribution in [3.8, 4) is 0 Å². The van der Waals surface area contributed by atoms with Gasteiger partial charge >= 0.3 is 0 Å². The number of carbonyl (C=O) groups excluding carboxylic acids is 1. The van der Waals surface area contributed by atoms with Gasteiger partial charge in [-0.25, -0.2) is 0 Å². The van der Waals surface area contributed by atoms with Gasteiger partial charge in [-0.05, 0) is 38.1 Å². The fraction of sp³-hybridized carbons (Fsp3) is 0.733. The Labute approximate surface area is 119 Å². The second-order valence-electron chi connectivity index (χ2n) is 6.14. The zero-order valence-corrected chi connectivity index (χ0v) is 12.4. The molecule has 0 saturated carbocycles. The van der Waals surface area contributed by atoms with Crippen LogP contribution in [0.4, 0.5) is 0 Å². The van der Waals surface area contributed by atoms with E-state index in [1.807, 2.05) is 18.7 Å². The van der Waals surface area contributed by atoms with Crippen LogP contribution in [0.2, 0.25) is 0 Å². The van der Waals surface area contributed by atoms with Crippen LogP contribution in [0.3, 0.4) is 0 Å². The summed E-state index contributed by atoms with van der Waals surface area (Å²) in [6, 6.07) is 0. The Morgan fingerprint density at radius 1 is 1.40 bits per heavy atom. The highest BCUT2D eigenvalue weighted by molar-refractivity contribution is 5.96.